The van der Waals surface area contributed by atoms with Gasteiger partial charge in [-0.3, -0.25) is 4.40 Å². The number of imidazole rings is 1. The van der Waals surface area contributed by atoms with Crippen molar-refractivity contribution in [2.75, 3.05) is 6.61 Å². The molecular weight excluding hydrogens is 286 g/mol. The summed E-state index contributed by atoms with van der Waals surface area (Å²) in [7, 11) is 0. The Morgan fingerprint density at radius 3 is 3.06 bits per heavy atom. The van der Waals surface area contributed by atoms with Gasteiger partial charge >= 0.3 is 5.97 Å². The van der Waals surface area contributed by atoms with Gasteiger partial charge in [-0.05, 0) is 22.4 Å². The topological polar surface area (TPSA) is 56.5 Å². The summed E-state index contributed by atoms with van der Waals surface area (Å²) in [6, 6.07) is 0. The van der Waals surface area contributed by atoms with Gasteiger partial charge in [0.2, 0.25) is 0 Å². The highest BCUT2D eigenvalue weighted by molar-refractivity contribution is 9.10. The number of carbonyl (C=O) groups is 1. The molecule has 5 nitrogen and oxygen atoms in total. The predicted octanol–water partition coefficient (Wildman–Crippen LogP) is 2.45. The van der Waals surface area contributed by atoms with Crippen molar-refractivity contribution in [3.05, 3.63) is 28.9 Å². The highest BCUT2D eigenvalue weighted by atomic mass is 79.9. The summed E-state index contributed by atoms with van der Waals surface area (Å²) in [5, 5.41) is 0. The van der Waals surface area contributed by atoms with E-state index in [2.05, 4.69) is 25.9 Å². The fourth-order valence-corrected chi connectivity index (χ4v) is 1.73. The minimum atomic E-state index is -0.402. The number of hydrogen-bond donors (Lipinski definition) is 0. The number of hydrogen-bond acceptors (Lipinski definition) is 4. The zero-order valence-corrected chi connectivity index (χ0v) is 11.0. The summed E-state index contributed by atoms with van der Waals surface area (Å²) in [5.74, 6) is -0.402. The molecule has 0 saturated heterocycles. The van der Waals surface area contributed by atoms with Crippen molar-refractivity contribution in [1.29, 1.82) is 0 Å². The zero-order valence-electron chi connectivity index (χ0n) is 9.39. The summed E-state index contributed by atoms with van der Waals surface area (Å²) in [4.78, 5) is 19.8. The Bertz CT molecular complexity index is 538. The first-order chi connectivity index (χ1) is 8.22. The number of ether oxygens (including phenoxy) is 1. The van der Waals surface area contributed by atoms with Crippen molar-refractivity contribution in [3.8, 4) is 0 Å². The summed E-state index contributed by atoms with van der Waals surface area (Å²) < 4.78 is 7.60. The molecule has 0 atom stereocenters. The van der Waals surface area contributed by atoms with E-state index < -0.39 is 5.97 Å². The summed E-state index contributed by atoms with van der Waals surface area (Å²) in [6.45, 7) is 2.47. The average Bonchev–Trinajstić information content (AvgIpc) is 2.71. The maximum atomic E-state index is 11.7. The molecule has 2 heterocycles. The van der Waals surface area contributed by atoms with Gasteiger partial charge in [0, 0.05) is 6.20 Å². The van der Waals surface area contributed by atoms with E-state index in [1.54, 1.807) is 23.0 Å². The van der Waals surface area contributed by atoms with Crippen LogP contribution in [-0.4, -0.2) is 26.9 Å². The first kappa shape index (κ1) is 12.0. The lowest BCUT2D eigenvalue weighted by Gasteiger charge is -2.03. The molecule has 0 bridgehead atoms. The van der Waals surface area contributed by atoms with Crippen molar-refractivity contribution < 1.29 is 9.53 Å². The number of halogens is 1. The minimum Gasteiger partial charge on any atom is -0.461 e. The Morgan fingerprint density at radius 1 is 1.47 bits per heavy atom. The van der Waals surface area contributed by atoms with Crippen LogP contribution in [0, 0.1) is 0 Å². The third-order valence-corrected chi connectivity index (χ3v) is 2.88. The summed E-state index contributed by atoms with van der Waals surface area (Å²) in [6.07, 6.45) is 6.67. The third-order valence-electron chi connectivity index (χ3n) is 2.29. The van der Waals surface area contributed by atoms with Crippen LogP contribution in [0.5, 0.6) is 0 Å². The SMILES string of the molecule is CCCCOC(=O)c1cn2c(Br)cnc2cn1. The second-order valence-electron chi connectivity index (χ2n) is 3.57. The van der Waals surface area contributed by atoms with Crippen molar-refractivity contribution in [2.24, 2.45) is 0 Å². The number of carbonyl (C=O) groups excluding carboxylic acids is 1. The molecule has 2 aromatic rings. The smallest absolute Gasteiger partial charge is 0.358 e. The minimum absolute atomic E-state index is 0.285. The lowest BCUT2D eigenvalue weighted by molar-refractivity contribution is 0.0492. The van der Waals surface area contributed by atoms with E-state index in [1.165, 1.54) is 0 Å². The van der Waals surface area contributed by atoms with E-state index in [0.717, 1.165) is 17.4 Å². The van der Waals surface area contributed by atoms with Gasteiger partial charge in [0.05, 0.1) is 19.0 Å². The van der Waals surface area contributed by atoms with Gasteiger partial charge in [0.1, 0.15) is 4.60 Å². The molecule has 6 heteroatoms. The van der Waals surface area contributed by atoms with Crippen molar-refractivity contribution in [3.63, 3.8) is 0 Å². The van der Waals surface area contributed by atoms with Gasteiger partial charge in [0.25, 0.3) is 0 Å². The monoisotopic (exact) mass is 297 g/mol. The van der Waals surface area contributed by atoms with Gasteiger partial charge < -0.3 is 4.74 Å². The molecule has 0 aliphatic heterocycles. The Kier molecular flexibility index (Phi) is 3.73. The van der Waals surface area contributed by atoms with Crippen LogP contribution in [0.3, 0.4) is 0 Å². The second kappa shape index (κ2) is 5.27. The molecule has 0 radical (unpaired) electrons. The van der Waals surface area contributed by atoms with E-state index in [4.69, 9.17) is 4.74 Å². The maximum absolute atomic E-state index is 11.7. The van der Waals surface area contributed by atoms with Gasteiger partial charge in [0.15, 0.2) is 11.3 Å². The standard InChI is InChI=1S/C11H12BrN3O2/c1-2-3-4-17-11(16)8-7-15-9(12)5-14-10(15)6-13-8/h5-7H,2-4H2,1H3. The highest BCUT2D eigenvalue weighted by Gasteiger charge is 2.11. The first-order valence-corrected chi connectivity index (χ1v) is 6.17. The van der Waals surface area contributed by atoms with Crippen LogP contribution >= 0.6 is 15.9 Å². The van der Waals surface area contributed by atoms with E-state index in [1.807, 2.05) is 6.92 Å². The Labute approximate surface area is 107 Å². The Morgan fingerprint density at radius 2 is 2.29 bits per heavy atom. The molecule has 0 N–H and O–H groups in total. The molecule has 0 saturated carbocycles. The molecule has 0 aromatic carbocycles. The molecule has 0 amide bonds. The number of unbranched alkanes of at least 4 members (excludes halogenated alkanes) is 1. The quantitative estimate of drug-likeness (QED) is 0.642. The highest BCUT2D eigenvalue weighted by Crippen LogP contribution is 2.12. The molecule has 0 aliphatic rings. The molecule has 0 unspecified atom stereocenters. The molecule has 90 valence electrons. The van der Waals surface area contributed by atoms with Crippen LogP contribution in [-0.2, 0) is 4.74 Å². The van der Waals surface area contributed by atoms with Crippen molar-refractivity contribution >= 4 is 27.5 Å². The van der Waals surface area contributed by atoms with E-state index in [-0.39, 0.29) is 5.69 Å². The molecule has 0 spiro atoms. The number of aromatic nitrogens is 3. The molecule has 2 aromatic heterocycles. The van der Waals surface area contributed by atoms with Gasteiger partial charge in [-0.2, -0.15) is 0 Å². The average molecular weight is 298 g/mol. The number of fused-ring (bicyclic) bond motifs is 1. The predicted molar refractivity (Wildman–Crippen MR) is 65.9 cm³/mol. The molecule has 0 fully saturated rings. The van der Waals surface area contributed by atoms with E-state index >= 15 is 0 Å². The maximum Gasteiger partial charge on any atom is 0.358 e. The molecule has 2 rings (SSSR count). The van der Waals surface area contributed by atoms with Crippen LogP contribution in [0.1, 0.15) is 30.3 Å². The number of rotatable bonds is 4. The summed E-state index contributed by atoms with van der Waals surface area (Å²) >= 11 is 3.33. The van der Waals surface area contributed by atoms with Crippen LogP contribution in [0.25, 0.3) is 5.65 Å². The normalized spacial score (nSPS) is 10.7. The van der Waals surface area contributed by atoms with Gasteiger partial charge in [-0.1, -0.05) is 13.3 Å². The largest absolute Gasteiger partial charge is 0.461 e. The van der Waals surface area contributed by atoms with E-state index in [0.29, 0.717) is 12.3 Å². The van der Waals surface area contributed by atoms with Crippen LogP contribution in [0.2, 0.25) is 0 Å². The summed E-state index contributed by atoms with van der Waals surface area (Å²) in [5.41, 5.74) is 0.967. The van der Waals surface area contributed by atoms with E-state index in [9.17, 15) is 4.79 Å². The Balaban J connectivity index is 2.17. The van der Waals surface area contributed by atoms with Crippen molar-refractivity contribution in [1.82, 2.24) is 14.4 Å². The zero-order chi connectivity index (χ0) is 12.3. The molecule has 0 aliphatic carbocycles. The Hall–Kier alpha value is -1.43. The van der Waals surface area contributed by atoms with Gasteiger partial charge in [-0.25, -0.2) is 14.8 Å². The lowest BCUT2D eigenvalue weighted by atomic mass is 10.3. The molecule has 17 heavy (non-hydrogen) atoms. The lowest BCUT2D eigenvalue weighted by Crippen LogP contribution is -2.09. The second-order valence-corrected chi connectivity index (χ2v) is 4.38. The molecular formula is C11H12BrN3O2. The first-order valence-electron chi connectivity index (χ1n) is 5.38. The third kappa shape index (κ3) is 2.63. The van der Waals surface area contributed by atoms with Crippen LogP contribution < -0.4 is 0 Å². The fraction of sp³-hybridized carbons (Fsp3) is 0.364. The van der Waals surface area contributed by atoms with Crippen molar-refractivity contribution in [2.45, 2.75) is 19.8 Å². The van der Waals surface area contributed by atoms with Gasteiger partial charge in [-0.15, -0.1) is 0 Å². The van der Waals surface area contributed by atoms with Crippen LogP contribution in [0.15, 0.2) is 23.2 Å². The number of esters is 1. The number of nitrogens with zero attached hydrogens (tertiary/aromatic N) is 3. The van der Waals surface area contributed by atoms with Crippen LogP contribution in [0.4, 0.5) is 0 Å². The fourth-order valence-electron chi connectivity index (χ4n) is 1.35.